The van der Waals surface area contributed by atoms with Gasteiger partial charge in [-0.1, -0.05) is 38.1 Å². The van der Waals surface area contributed by atoms with Crippen LogP contribution in [0.4, 0.5) is 0 Å². The van der Waals surface area contributed by atoms with Crippen LogP contribution in [0.15, 0.2) is 42.5 Å². The first-order valence-corrected chi connectivity index (χ1v) is 9.88. The molecule has 0 unspecified atom stereocenters. The van der Waals surface area contributed by atoms with Crippen LogP contribution in [0, 0.1) is 0 Å². The summed E-state index contributed by atoms with van der Waals surface area (Å²) in [5.74, 6) is 2.15. The highest BCUT2D eigenvalue weighted by Gasteiger charge is 2.51. The molecular formula is C23H31BO4. The fourth-order valence-electron chi connectivity index (χ4n) is 3.19. The predicted octanol–water partition coefficient (Wildman–Crippen LogP) is 4.70. The van der Waals surface area contributed by atoms with Crippen LogP contribution in [-0.4, -0.2) is 25.4 Å². The van der Waals surface area contributed by atoms with Crippen molar-refractivity contribution in [1.82, 2.24) is 0 Å². The lowest BCUT2D eigenvalue weighted by atomic mass is 9.79. The fourth-order valence-corrected chi connectivity index (χ4v) is 3.19. The van der Waals surface area contributed by atoms with Crippen molar-refractivity contribution in [2.75, 3.05) is 7.11 Å². The summed E-state index contributed by atoms with van der Waals surface area (Å²) in [5, 5.41) is 0. The Morgan fingerprint density at radius 2 is 1.54 bits per heavy atom. The van der Waals surface area contributed by atoms with E-state index in [1.165, 1.54) is 5.56 Å². The van der Waals surface area contributed by atoms with Crippen molar-refractivity contribution in [3.63, 3.8) is 0 Å². The van der Waals surface area contributed by atoms with E-state index < -0.39 is 0 Å². The highest BCUT2D eigenvalue weighted by Crippen LogP contribution is 2.36. The van der Waals surface area contributed by atoms with Gasteiger partial charge in [-0.05, 0) is 68.4 Å². The van der Waals surface area contributed by atoms with E-state index in [9.17, 15) is 0 Å². The van der Waals surface area contributed by atoms with Gasteiger partial charge in [0.1, 0.15) is 18.1 Å². The zero-order chi connectivity index (χ0) is 20.5. The predicted molar refractivity (Wildman–Crippen MR) is 114 cm³/mol. The van der Waals surface area contributed by atoms with E-state index in [0.29, 0.717) is 12.5 Å². The van der Waals surface area contributed by atoms with E-state index in [4.69, 9.17) is 18.8 Å². The summed E-state index contributed by atoms with van der Waals surface area (Å²) in [6.45, 7) is 13.1. The molecule has 5 heteroatoms. The second-order valence-corrected chi connectivity index (χ2v) is 8.68. The average Bonchev–Trinajstić information content (AvgIpc) is 2.87. The van der Waals surface area contributed by atoms with Gasteiger partial charge >= 0.3 is 7.12 Å². The average molecular weight is 382 g/mol. The molecular weight excluding hydrogens is 351 g/mol. The number of methoxy groups -OCH3 is 1. The van der Waals surface area contributed by atoms with Gasteiger partial charge in [-0.15, -0.1) is 0 Å². The van der Waals surface area contributed by atoms with Crippen molar-refractivity contribution >= 4 is 12.6 Å². The Morgan fingerprint density at radius 3 is 2.07 bits per heavy atom. The molecule has 28 heavy (non-hydrogen) atoms. The summed E-state index contributed by atoms with van der Waals surface area (Å²) in [5.41, 5.74) is 2.60. The lowest BCUT2D eigenvalue weighted by Crippen LogP contribution is -2.41. The van der Waals surface area contributed by atoms with Crippen LogP contribution in [0.2, 0.25) is 0 Å². The van der Waals surface area contributed by atoms with Gasteiger partial charge in [0, 0.05) is 0 Å². The molecule has 150 valence electrons. The molecule has 1 heterocycles. The topological polar surface area (TPSA) is 36.9 Å². The number of hydrogen-bond acceptors (Lipinski definition) is 4. The van der Waals surface area contributed by atoms with Crippen LogP contribution in [0.1, 0.15) is 58.6 Å². The zero-order valence-electron chi connectivity index (χ0n) is 18.0. The maximum absolute atomic E-state index is 6.10. The molecule has 2 aromatic carbocycles. The second-order valence-electron chi connectivity index (χ2n) is 8.68. The minimum atomic E-state index is -0.355. The van der Waals surface area contributed by atoms with Crippen molar-refractivity contribution in [3.8, 4) is 11.5 Å². The van der Waals surface area contributed by atoms with Crippen LogP contribution < -0.4 is 14.9 Å². The quantitative estimate of drug-likeness (QED) is 0.679. The van der Waals surface area contributed by atoms with E-state index >= 15 is 0 Å². The maximum atomic E-state index is 6.10. The van der Waals surface area contributed by atoms with Gasteiger partial charge in [0.15, 0.2) is 0 Å². The molecule has 3 rings (SSSR count). The monoisotopic (exact) mass is 382 g/mol. The summed E-state index contributed by atoms with van der Waals surface area (Å²) < 4.78 is 23.7. The number of rotatable bonds is 6. The van der Waals surface area contributed by atoms with Crippen molar-refractivity contribution in [2.24, 2.45) is 0 Å². The first-order valence-electron chi connectivity index (χ1n) is 9.88. The summed E-state index contributed by atoms with van der Waals surface area (Å²) in [4.78, 5) is 0. The van der Waals surface area contributed by atoms with Gasteiger partial charge in [0.25, 0.3) is 0 Å². The summed E-state index contributed by atoms with van der Waals surface area (Å²) >= 11 is 0. The number of benzene rings is 2. The summed E-state index contributed by atoms with van der Waals surface area (Å²) in [7, 11) is 1.35. The van der Waals surface area contributed by atoms with Crippen molar-refractivity contribution in [1.29, 1.82) is 0 Å². The lowest BCUT2D eigenvalue weighted by Gasteiger charge is -2.32. The zero-order valence-corrected chi connectivity index (χ0v) is 18.0. The van der Waals surface area contributed by atoms with E-state index in [0.717, 1.165) is 22.5 Å². The Bertz CT molecular complexity index is 796. The molecule has 1 saturated heterocycles. The number of ether oxygens (including phenoxy) is 2. The van der Waals surface area contributed by atoms with E-state index in [2.05, 4.69) is 53.7 Å². The van der Waals surface area contributed by atoms with Gasteiger partial charge < -0.3 is 18.8 Å². The van der Waals surface area contributed by atoms with Crippen molar-refractivity contribution in [3.05, 3.63) is 53.6 Å². The van der Waals surface area contributed by atoms with Crippen LogP contribution >= 0.6 is 0 Å². The Kier molecular flexibility index (Phi) is 5.78. The van der Waals surface area contributed by atoms with Gasteiger partial charge in [-0.3, -0.25) is 0 Å². The highest BCUT2D eigenvalue weighted by atomic mass is 16.7. The molecule has 1 fully saturated rings. The van der Waals surface area contributed by atoms with Gasteiger partial charge in [-0.25, -0.2) is 0 Å². The Labute approximate surface area is 169 Å². The van der Waals surface area contributed by atoms with Crippen LogP contribution in [0.25, 0.3) is 0 Å². The van der Waals surface area contributed by atoms with Gasteiger partial charge in [-0.2, -0.15) is 0 Å². The smallest absolute Gasteiger partial charge is 0.494 e. The van der Waals surface area contributed by atoms with E-state index in [-0.39, 0.29) is 18.3 Å². The molecule has 0 atom stereocenters. The van der Waals surface area contributed by atoms with Crippen molar-refractivity contribution < 1.29 is 18.8 Å². The van der Waals surface area contributed by atoms with Crippen LogP contribution in [0.5, 0.6) is 11.5 Å². The van der Waals surface area contributed by atoms with E-state index in [1.54, 1.807) is 7.11 Å². The molecule has 4 nitrogen and oxygen atoms in total. The Morgan fingerprint density at radius 1 is 0.929 bits per heavy atom. The van der Waals surface area contributed by atoms with Crippen LogP contribution in [0.3, 0.4) is 0 Å². The molecule has 1 aliphatic rings. The maximum Gasteiger partial charge on any atom is 0.494 e. The van der Waals surface area contributed by atoms with Crippen molar-refractivity contribution in [2.45, 2.75) is 65.3 Å². The van der Waals surface area contributed by atoms with Gasteiger partial charge in [0.2, 0.25) is 0 Å². The largest absolute Gasteiger partial charge is 0.496 e. The summed E-state index contributed by atoms with van der Waals surface area (Å²) in [6, 6.07) is 14.2. The number of hydrogen-bond donors (Lipinski definition) is 0. The molecule has 0 N–H and O–H groups in total. The minimum absolute atomic E-state index is 0.339. The summed E-state index contributed by atoms with van der Waals surface area (Å²) in [6.07, 6.45) is 0. The SMILES string of the molecule is COc1cc(COc2ccc(B3OC(C)(C)C(C)(C)O3)cc2)ccc1C(C)C. The second kappa shape index (κ2) is 7.80. The molecule has 0 spiro atoms. The molecule has 1 aliphatic heterocycles. The molecule has 0 aliphatic carbocycles. The molecule has 0 saturated carbocycles. The molecule has 0 amide bonds. The third-order valence-electron chi connectivity index (χ3n) is 5.73. The Hall–Kier alpha value is -1.98. The first kappa shape index (κ1) is 20.8. The normalized spacial score (nSPS) is 17.8. The molecule has 2 aromatic rings. The lowest BCUT2D eigenvalue weighted by molar-refractivity contribution is 0.00578. The first-order chi connectivity index (χ1) is 13.1. The Balaban J connectivity index is 1.64. The fraction of sp³-hybridized carbons (Fsp3) is 0.478. The highest BCUT2D eigenvalue weighted by molar-refractivity contribution is 6.62. The van der Waals surface area contributed by atoms with E-state index in [1.807, 2.05) is 30.3 Å². The third-order valence-corrected chi connectivity index (χ3v) is 5.73. The minimum Gasteiger partial charge on any atom is -0.496 e. The molecule has 0 bridgehead atoms. The molecule has 0 radical (unpaired) electrons. The standard InChI is InChI=1S/C23H31BO4/c1-16(2)20-13-8-17(14-21(20)25-7)15-26-19-11-9-18(10-12-19)24-27-22(3,4)23(5,6)28-24/h8-14,16H,15H2,1-7H3. The van der Waals surface area contributed by atoms with Crippen LogP contribution in [-0.2, 0) is 15.9 Å². The van der Waals surface area contributed by atoms with Gasteiger partial charge in [0.05, 0.1) is 18.3 Å². The third kappa shape index (κ3) is 4.21. The molecule has 0 aromatic heterocycles.